The Balaban J connectivity index is 2.45. The van der Waals surface area contributed by atoms with Gasteiger partial charge in [0.1, 0.15) is 0 Å². The number of hydrogen-bond acceptors (Lipinski definition) is 2. The van der Waals surface area contributed by atoms with E-state index in [1.807, 2.05) is 24.6 Å². The summed E-state index contributed by atoms with van der Waals surface area (Å²) in [7, 11) is 0. The Morgan fingerprint density at radius 1 is 1.25 bits per heavy atom. The van der Waals surface area contributed by atoms with Crippen molar-refractivity contribution in [1.82, 2.24) is 9.78 Å². The van der Waals surface area contributed by atoms with Crippen LogP contribution in [0.15, 0.2) is 18.2 Å². The predicted octanol–water partition coefficient (Wildman–Crippen LogP) is 4.18. The van der Waals surface area contributed by atoms with E-state index in [9.17, 15) is 4.79 Å². The Bertz CT molecular complexity index is 635. The van der Waals surface area contributed by atoms with Crippen molar-refractivity contribution in [3.05, 3.63) is 50.8 Å². The van der Waals surface area contributed by atoms with Gasteiger partial charge in [0.05, 0.1) is 17.8 Å². The molecular formula is C15H16Cl2N2O. The molecule has 1 aromatic carbocycles. The minimum absolute atomic E-state index is 0.517. The van der Waals surface area contributed by atoms with Crippen LogP contribution >= 0.6 is 23.2 Å². The first-order valence-electron chi connectivity index (χ1n) is 6.58. The van der Waals surface area contributed by atoms with Crippen LogP contribution in [0.4, 0.5) is 0 Å². The maximum absolute atomic E-state index is 11.3. The highest BCUT2D eigenvalue weighted by Crippen LogP contribution is 2.23. The molecule has 20 heavy (non-hydrogen) atoms. The summed E-state index contributed by atoms with van der Waals surface area (Å²) in [5.41, 5.74) is 3.37. The van der Waals surface area contributed by atoms with Crippen molar-refractivity contribution in [3.63, 3.8) is 0 Å². The molecule has 0 N–H and O–H groups in total. The highest BCUT2D eigenvalue weighted by Gasteiger charge is 2.15. The molecule has 1 aromatic heterocycles. The van der Waals surface area contributed by atoms with Crippen LogP contribution in [0.2, 0.25) is 10.0 Å². The highest BCUT2D eigenvalue weighted by atomic mass is 35.5. The van der Waals surface area contributed by atoms with Crippen LogP contribution in [0.5, 0.6) is 0 Å². The fourth-order valence-electron chi connectivity index (χ4n) is 2.29. The molecule has 3 nitrogen and oxygen atoms in total. The van der Waals surface area contributed by atoms with Gasteiger partial charge in [-0.2, -0.15) is 5.10 Å². The second kappa shape index (κ2) is 6.42. The van der Waals surface area contributed by atoms with Crippen molar-refractivity contribution < 1.29 is 4.79 Å². The van der Waals surface area contributed by atoms with E-state index in [2.05, 4.69) is 5.10 Å². The van der Waals surface area contributed by atoms with Crippen molar-refractivity contribution in [2.24, 2.45) is 0 Å². The topological polar surface area (TPSA) is 34.9 Å². The zero-order valence-electron chi connectivity index (χ0n) is 11.5. The molecule has 5 heteroatoms. The van der Waals surface area contributed by atoms with E-state index in [4.69, 9.17) is 23.2 Å². The standard InChI is InChI=1S/C15H16Cl2N2O/c1-3-14-12(9-20)15(4-2)19(18-14)8-10-7-11(16)5-6-13(10)17/h5-7,9H,3-4,8H2,1-2H3. The maximum Gasteiger partial charge on any atom is 0.153 e. The summed E-state index contributed by atoms with van der Waals surface area (Å²) in [6.45, 7) is 4.52. The van der Waals surface area contributed by atoms with Crippen LogP contribution in [-0.4, -0.2) is 16.1 Å². The van der Waals surface area contributed by atoms with Crippen LogP contribution in [0.1, 0.15) is 41.2 Å². The summed E-state index contributed by atoms with van der Waals surface area (Å²) in [5, 5.41) is 5.81. The highest BCUT2D eigenvalue weighted by molar-refractivity contribution is 6.33. The minimum atomic E-state index is 0.517. The Hall–Kier alpha value is -1.32. The number of aromatic nitrogens is 2. The van der Waals surface area contributed by atoms with Crippen molar-refractivity contribution >= 4 is 29.5 Å². The predicted molar refractivity (Wildman–Crippen MR) is 81.9 cm³/mol. The van der Waals surface area contributed by atoms with Gasteiger partial charge >= 0.3 is 0 Å². The molecule has 0 aliphatic heterocycles. The summed E-state index contributed by atoms with van der Waals surface area (Å²) in [6.07, 6.45) is 2.37. The molecule has 0 aliphatic rings. The van der Waals surface area contributed by atoms with Gasteiger partial charge in [0.25, 0.3) is 0 Å². The van der Waals surface area contributed by atoms with E-state index in [-0.39, 0.29) is 0 Å². The normalized spacial score (nSPS) is 10.8. The molecule has 0 atom stereocenters. The lowest BCUT2D eigenvalue weighted by Crippen LogP contribution is -2.07. The monoisotopic (exact) mass is 310 g/mol. The molecule has 0 bridgehead atoms. The third-order valence-corrected chi connectivity index (χ3v) is 3.89. The van der Waals surface area contributed by atoms with E-state index < -0.39 is 0 Å². The van der Waals surface area contributed by atoms with Gasteiger partial charge in [-0.15, -0.1) is 0 Å². The summed E-state index contributed by atoms with van der Waals surface area (Å²) in [5.74, 6) is 0. The average Bonchev–Trinajstić information content (AvgIpc) is 2.79. The summed E-state index contributed by atoms with van der Waals surface area (Å²) < 4.78 is 1.85. The van der Waals surface area contributed by atoms with Gasteiger partial charge in [-0.1, -0.05) is 37.0 Å². The molecule has 2 rings (SSSR count). The van der Waals surface area contributed by atoms with Crippen LogP contribution in [-0.2, 0) is 19.4 Å². The van der Waals surface area contributed by atoms with Crippen molar-refractivity contribution in [2.75, 3.05) is 0 Å². The first kappa shape index (κ1) is 15.1. The van der Waals surface area contributed by atoms with Gasteiger partial charge in [0.2, 0.25) is 0 Å². The van der Waals surface area contributed by atoms with E-state index >= 15 is 0 Å². The molecule has 2 aromatic rings. The number of carbonyl (C=O) groups is 1. The molecule has 0 saturated heterocycles. The summed E-state index contributed by atoms with van der Waals surface area (Å²) in [6, 6.07) is 5.36. The fourth-order valence-corrected chi connectivity index (χ4v) is 2.66. The van der Waals surface area contributed by atoms with Gasteiger partial charge in [-0.25, -0.2) is 0 Å². The van der Waals surface area contributed by atoms with Crippen LogP contribution in [0.25, 0.3) is 0 Å². The third-order valence-electron chi connectivity index (χ3n) is 3.29. The SMILES string of the molecule is CCc1nn(Cc2cc(Cl)ccc2Cl)c(CC)c1C=O. The summed E-state index contributed by atoms with van der Waals surface area (Å²) in [4.78, 5) is 11.3. The molecule has 0 aliphatic carbocycles. The summed E-state index contributed by atoms with van der Waals surface area (Å²) >= 11 is 12.2. The Morgan fingerprint density at radius 3 is 2.60 bits per heavy atom. The number of benzene rings is 1. The van der Waals surface area contributed by atoms with Gasteiger partial charge in [0.15, 0.2) is 6.29 Å². The molecule has 0 fully saturated rings. The first-order valence-corrected chi connectivity index (χ1v) is 7.33. The molecule has 0 radical (unpaired) electrons. The third kappa shape index (κ3) is 2.89. The van der Waals surface area contributed by atoms with Gasteiger partial charge in [-0.3, -0.25) is 9.48 Å². The first-order chi connectivity index (χ1) is 9.60. The number of halogens is 2. The number of hydrogen-bond donors (Lipinski definition) is 0. The van der Waals surface area contributed by atoms with E-state index in [0.717, 1.165) is 36.1 Å². The lowest BCUT2D eigenvalue weighted by molar-refractivity contribution is 0.112. The smallest absolute Gasteiger partial charge is 0.153 e. The lowest BCUT2D eigenvalue weighted by Gasteiger charge is -2.08. The van der Waals surface area contributed by atoms with Crippen molar-refractivity contribution in [2.45, 2.75) is 33.2 Å². The molecule has 0 spiro atoms. The van der Waals surface area contributed by atoms with Crippen LogP contribution in [0.3, 0.4) is 0 Å². The Labute approximate surface area is 128 Å². The Morgan fingerprint density at radius 2 is 2.00 bits per heavy atom. The van der Waals surface area contributed by atoms with E-state index in [1.165, 1.54) is 0 Å². The van der Waals surface area contributed by atoms with Gasteiger partial charge in [-0.05, 0) is 36.6 Å². The quantitative estimate of drug-likeness (QED) is 0.777. The molecule has 1 heterocycles. The molecule has 0 unspecified atom stereocenters. The average molecular weight is 311 g/mol. The largest absolute Gasteiger partial charge is 0.298 e. The van der Waals surface area contributed by atoms with Crippen LogP contribution in [0, 0.1) is 0 Å². The zero-order chi connectivity index (χ0) is 14.7. The Kier molecular flexibility index (Phi) is 4.84. The second-order valence-electron chi connectivity index (χ2n) is 4.53. The molecular weight excluding hydrogens is 295 g/mol. The number of nitrogens with zero attached hydrogens (tertiary/aromatic N) is 2. The molecule has 0 saturated carbocycles. The second-order valence-corrected chi connectivity index (χ2v) is 5.37. The number of aryl methyl sites for hydroxylation is 1. The van der Waals surface area contributed by atoms with Crippen molar-refractivity contribution in [3.8, 4) is 0 Å². The maximum atomic E-state index is 11.3. The number of aldehydes is 1. The van der Waals surface area contributed by atoms with Gasteiger partial charge in [0, 0.05) is 15.7 Å². The van der Waals surface area contributed by atoms with Gasteiger partial charge < -0.3 is 0 Å². The van der Waals surface area contributed by atoms with Crippen LogP contribution < -0.4 is 0 Å². The van der Waals surface area contributed by atoms with E-state index in [1.54, 1.807) is 12.1 Å². The molecule has 0 amide bonds. The molecule has 106 valence electrons. The van der Waals surface area contributed by atoms with Crippen molar-refractivity contribution in [1.29, 1.82) is 0 Å². The number of carbonyl (C=O) groups excluding carboxylic acids is 1. The zero-order valence-corrected chi connectivity index (χ0v) is 13.0. The lowest BCUT2D eigenvalue weighted by atomic mass is 10.1. The minimum Gasteiger partial charge on any atom is -0.298 e. The fraction of sp³-hybridized carbons (Fsp3) is 0.333. The van der Waals surface area contributed by atoms with E-state index in [0.29, 0.717) is 22.2 Å². The number of rotatable bonds is 5.